The number of amides is 1. The van der Waals surface area contributed by atoms with Gasteiger partial charge in [-0.05, 0) is 13.0 Å². The summed E-state index contributed by atoms with van der Waals surface area (Å²) in [6, 6.07) is 1.64. The standard InChI is InChI=1S/C9H12N6O2S/c1-5-7(8(16)13-10)2-6(17-5)3-18-9-14-12-4-15(9)11/h2,4H,3,10-11H2,1H3,(H,13,16). The third kappa shape index (κ3) is 2.46. The Hall–Kier alpha value is -2.00. The summed E-state index contributed by atoms with van der Waals surface area (Å²) in [7, 11) is 0. The molecule has 2 aromatic rings. The summed E-state index contributed by atoms with van der Waals surface area (Å²) < 4.78 is 6.75. The maximum absolute atomic E-state index is 11.4. The van der Waals surface area contributed by atoms with Gasteiger partial charge in [0.2, 0.25) is 5.16 Å². The van der Waals surface area contributed by atoms with Crippen LogP contribution in [0.5, 0.6) is 0 Å². The summed E-state index contributed by atoms with van der Waals surface area (Å²) in [5.41, 5.74) is 2.48. The molecule has 0 fully saturated rings. The molecule has 0 radical (unpaired) electrons. The second-order valence-electron chi connectivity index (χ2n) is 3.47. The lowest BCUT2D eigenvalue weighted by Crippen LogP contribution is -2.30. The van der Waals surface area contributed by atoms with Crippen molar-refractivity contribution >= 4 is 17.7 Å². The van der Waals surface area contributed by atoms with Crippen LogP contribution in [0.1, 0.15) is 21.9 Å². The predicted molar refractivity (Wildman–Crippen MR) is 64.8 cm³/mol. The Labute approximate surface area is 107 Å². The quantitative estimate of drug-likeness (QED) is 0.303. The zero-order chi connectivity index (χ0) is 13.1. The van der Waals surface area contributed by atoms with Crippen molar-refractivity contribution in [1.82, 2.24) is 20.3 Å². The minimum atomic E-state index is -0.380. The molecule has 0 atom stereocenters. The van der Waals surface area contributed by atoms with Gasteiger partial charge in [0.15, 0.2) is 0 Å². The molecule has 0 spiro atoms. The fourth-order valence-electron chi connectivity index (χ4n) is 1.39. The number of carbonyl (C=O) groups excluding carboxylic acids is 1. The van der Waals surface area contributed by atoms with Crippen LogP contribution in [0.15, 0.2) is 22.0 Å². The number of aromatic nitrogens is 3. The van der Waals surface area contributed by atoms with Crippen LogP contribution in [-0.2, 0) is 5.75 Å². The Morgan fingerprint density at radius 1 is 1.67 bits per heavy atom. The van der Waals surface area contributed by atoms with Gasteiger partial charge in [-0.25, -0.2) is 10.5 Å². The number of hydrogen-bond acceptors (Lipinski definition) is 7. The molecule has 96 valence electrons. The molecule has 2 rings (SSSR count). The second-order valence-corrected chi connectivity index (χ2v) is 4.41. The molecule has 0 aliphatic carbocycles. The third-order valence-electron chi connectivity index (χ3n) is 2.23. The van der Waals surface area contributed by atoms with Crippen LogP contribution in [0.2, 0.25) is 0 Å². The fraction of sp³-hybridized carbons (Fsp3) is 0.222. The van der Waals surface area contributed by atoms with E-state index in [0.717, 1.165) is 0 Å². The first-order valence-electron chi connectivity index (χ1n) is 5.00. The highest BCUT2D eigenvalue weighted by atomic mass is 32.2. The number of nitrogens with zero attached hydrogens (tertiary/aromatic N) is 3. The van der Waals surface area contributed by atoms with Crippen LogP contribution in [-0.4, -0.2) is 20.8 Å². The molecule has 2 aromatic heterocycles. The molecule has 0 unspecified atom stereocenters. The van der Waals surface area contributed by atoms with Gasteiger partial charge in [-0.3, -0.25) is 10.2 Å². The van der Waals surface area contributed by atoms with E-state index in [-0.39, 0.29) is 5.91 Å². The minimum absolute atomic E-state index is 0.380. The number of hydrazine groups is 1. The lowest BCUT2D eigenvalue weighted by Gasteiger charge is -1.97. The Morgan fingerprint density at radius 2 is 2.44 bits per heavy atom. The molecule has 2 heterocycles. The van der Waals surface area contributed by atoms with Gasteiger partial charge in [0.1, 0.15) is 17.8 Å². The number of hydrogen-bond donors (Lipinski definition) is 3. The smallest absolute Gasteiger partial charge is 0.268 e. The van der Waals surface area contributed by atoms with Crippen LogP contribution < -0.4 is 17.1 Å². The summed E-state index contributed by atoms with van der Waals surface area (Å²) in [5, 5.41) is 8.04. The highest BCUT2D eigenvalue weighted by molar-refractivity contribution is 7.98. The van der Waals surface area contributed by atoms with Gasteiger partial charge < -0.3 is 10.3 Å². The van der Waals surface area contributed by atoms with E-state index in [1.807, 2.05) is 0 Å². The second kappa shape index (κ2) is 5.10. The summed E-state index contributed by atoms with van der Waals surface area (Å²) in [6.07, 6.45) is 1.41. The van der Waals surface area contributed by atoms with Crippen molar-refractivity contribution in [2.75, 3.05) is 5.84 Å². The van der Waals surface area contributed by atoms with Crippen LogP contribution in [0.4, 0.5) is 0 Å². The zero-order valence-electron chi connectivity index (χ0n) is 9.58. The number of nitrogens with one attached hydrogen (secondary N) is 1. The minimum Gasteiger partial charge on any atom is -0.465 e. The molecule has 9 heteroatoms. The summed E-state index contributed by atoms with van der Waals surface area (Å²) in [5.74, 6) is 11.9. The summed E-state index contributed by atoms with van der Waals surface area (Å²) in [6.45, 7) is 1.70. The van der Waals surface area contributed by atoms with Crippen LogP contribution in [0.25, 0.3) is 0 Å². The lowest BCUT2D eigenvalue weighted by atomic mass is 10.2. The number of nitrogens with two attached hydrogens (primary N) is 2. The molecular weight excluding hydrogens is 256 g/mol. The first kappa shape index (κ1) is 12.5. The number of nitrogen functional groups attached to an aromatic ring is 2. The van der Waals surface area contributed by atoms with Crippen LogP contribution in [0.3, 0.4) is 0 Å². The van der Waals surface area contributed by atoms with Crippen molar-refractivity contribution in [1.29, 1.82) is 0 Å². The van der Waals surface area contributed by atoms with E-state index in [4.69, 9.17) is 16.1 Å². The molecule has 18 heavy (non-hydrogen) atoms. The molecular formula is C9H12N6O2S. The number of furan rings is 1. The maximum Gasteiger partial charge on any atom is 0.268 e. The molecule has 0 aliphatic rings. The first-order valence-corrected chi connectivity index (χ1v) is 5.98. The average Bonchev–Trinajstić information content (AvgIpc) is 2.92. The zero-order valence-corrected chi connectivity index (χ0v) is 10.4. The normalized spacial score (nSPS) is 10.6. The topological polar surface area (TPSA) is 125 Å². The van der Waals surface area contributed by atoms with Gasteiger partial charge in [0.25, 0.3) is 5.91 Å². The number of aryl methyl sites for hydroxylation is 1. The van der Waals surface area contributed by atoms with Crippen molar-refractivity contribution < 1.29 is 9.21 Å². The van der Waals surface area contributed by atoms with Gasteiger partial charge in [0, 0.05) is 0 Å². The highest BCUT2D eigenvalue weighted by Gasteiger charge is 2.14. The monoisotopic (exact) mass is 268 g/mol. The Balaban J connectivity index is 2.07. The highest BCUT2D eigenvalue weighted by Crippen LogP contribution is 2.23. The Bertz CT molecular complexity index is 563. The summed E-state index contributed by atoms with van der Waals surface area (Å²) in [4.78, 5) is 11.4. The number of rotatable bonds is 4. The van der Waals surface area contributed by atoms with Gasteiger partial charge in [0.05, 0.1) is 11.3 Å². The van der Waals surface area contributed by atoms with Crippen molar-refractivity contribution in [3.63, 3.8) is 0 Å². The molecule has 0 aromatic carbocycles. The summed E-state index contributed by atoms with van der Waals surface area (Å²) >= 11 is 1.36. The number of carbonyl (C=O) groups is 1. The van der Waals surface area contributed by atoms with Crippen LogP contribution in [0, 0.1) is 6.92 Å². The molecule has 5 N–H and O–H groups in total. The fourth-order valence-corrected chi connectivity index (χ4v) is 2.10. The van der Waals surface area contributed by atoms with Crippen molar-refractivity contribution in [3.05, 3.63) is 29.5 Å². The van der Waals surface area contributed by atoms with E-state index in [0.29, 0.717) is 28.0 Å². The third-order valence-corrected chi connectivity index (χ3v) is 3.21. The van der Waals surface area contributed by atoms with Crippen molar-refractivity contribution in [2.24, 2.45) is 5.84 Å². The SMILES string of the molecule is Cc1oc(CSc2nncn2N)cc1C(=O)NN. The van der Waals surface area contributed by atoms with Gasteiger partial charge in [-0.15, -0.1) is 10.2 Å². The Kier molecular flexibility index (Phi) is 3.53. The van der Waals surface area contributed by atoms with E-state index in [1.165, 1.54) is 22.8 Å². The average molecular weight is 268 g/mol. The van der Waals surface area contributed by atoms with Crippen LogP contribution >= 0.6 is 11.8 Å². The first-order chi connectivity index (χ1) is 8.61. The van der Waals surface area contributed by atoms with E-state index >= 15 is 0 Å². The molecule has 0 saturated heterocycles. The molecule has 8 nitrogen and oxygen atoms in total. The number of thioether (sulfide) groups is 1. The molecule has 0 aliphatic heterocycles. The maximum atomic E-state index is 11.4. The molecule has 0 bridgehead atoms. The van der Waals surface area contributed by atoms with Crippen molar-refractivity contribution in [2.45, 2.75) is 17.8 Å². The molecule has 1 amide bonds. The van der Waals surface area contributed by atoms with Gasteiger partial charge in [-0.1, -0.05) is 11.8 Å². The van der Waals surface area contributed by atoms with E-state index in [2.05, 4.69) is 15.6 Å². The largest absolute Gasteiger partial charge is 0.465 e. The Morgan fingerprint density at radius 3 is 3.06 bits per heavy atom. The van der Waals surface area contributed by atoms with Gasteiger partial charge in [-0.2, -0.15) is 0 Å². The van der Waals surface area contributed by atoms with E-state index in [9.17, 15) is 4.79 Å². The molecule has 0 saturated carbocycles. The van der Waals surface area contributed by atoms with E-state index in [1.54, 1.807) is 13.0 Å². The van der Waals surface area contributed by atoms with E-state index < -0.39 is 0 Å². The van der Waals surface area contributed by atoms with Gasteiger partial charge >= 0.3 is 0 Å². The predicted octanol–water partition coefficient (Wildman–Crippen LogP) is -0.211. The van der Waals surface area contributed by atoms with Crippen molar-refractivity contribution in [3.8, 4) is 0 Å². The lowest BCUT2D eigenvalue weighted by molar-refractivity contribution is 0.0952.